The maximum atomic E-state index is 12.5. The van der Waals surface area contributed by atoms with Gasteiger partial charge in [0.25, 0.3) is 5.91 Å². The molecule has 0 saturated carbocycles. The average molecular weight is 281 g/mol. The number of carbonyl (C=O) groups is 1. The van der Waals surface area contributed by atoms with Crippen LogP contribution in [-0.2, 0) is 19.5 Å². The number of fused-ring (bicyclic) bond motifs is 1. The van der Waals surface area contributed by atoms with Crippen molar-refractivity contribution in [2.45, 2.75) is 19.5 Å². The van der Waals surface area contributed by atoms with Gasteiger partial charge in [0.05, 0.1) is 0 Å². The summed E-state index contributed by atoms with van der Waals surface area (Å²) in [4.78, 5) is 18.2. The summed E-state index contributed by atoms with van der Waals surface area (Å²) < 4.78 is 0. The lowest BCUT2D eigenvalue weighted by Crippen LogP contribution is -2.28. The van der Waals surface area contributed by atoms with Gasteiger partial charge in [-0.15, -0.1) is 0 Å². The Morgan fingerprint density at radius 3 is 2.76 bits per heavy atom. The molecule has 1 aromatic carbocycles. The van der Waals surface area contributed by atoms with Crippen molar-refractivity contribution < 1.29 is 4.79 Å². The van der Waals surface area contributed by atoms with Gasteiger partial charge in [-0.25, -0.2) is 0 Å². The van der Waals surface area contributed by atoms with E-state index >= 15 is 0 Å². The number of nitrogens with one attached hydrogen (secondary N) is 1. The number of nitrogens with zero attached hydrogens (tertiary/aromatic N) is 2. The molecule has 0 bridgehead atoms. The first-order valence-electron chi connectivity index (χ1n) is 7.21. The Morgan fingerprint density at radius 1 is 1.19 bits per heavy atom. The molecule has 2 aromatic rings. The lowest BCUT2D eigenvalue weighted by Gasteiger charge is -2.17. The molecule has 4 heteroatoms. The number of carbonyl (C=O) groups excluding carboxylic acids is 1. The third-order valence-electron chi connectivity index (χ3n) is 3.92. The maximum absolute atomic E-state index is 12.5. The Balaban J connectivity index is 1.64. The average Bonchev–Trinajstić information content (AvgIpc) is 3.00. The van der Waals surface area contributed by atoms with Crippen molar-refractivity contribution in [1.82, 2.24) is 15.2 Å². The van der Waals surface area contributed by atoms with E-state index in [9.17, 15) is 4.79 Å². The Morgan fingerprint density at radius 2 is 1.95 bits per heavy atom. The standard InChI is InChI=1S/C17H19N3O/c1-20(9-6-13-4-7-18-8-5-13)17(21)14-2-3-15-11-19-12-16(15)10-14/h2-5,7-8,10,19H,6,9,11-12H2,1H3. The fourth-order valence-electron chi connectivity index (χ4n) is 2.60. The van der Waals surface area contributed by atoms with Crippen LogP contribution in [0.2, 0.25) is 0 Å². The summed E-state index contributed by atoms with van der Waals surface area (Å²) >= 11 is 0. The number of pyridine rings is 1. The number of amides is 1. The highest BCUT2D eigenvalue weighted by atomic mass is 16.2. The van der Waals surface area contributed by atoms with Crippen molar-refractivity contribution in [2.75, 3.05) is 13.6 Å². The molecule has 0 fully saturated rings. The van der Waals surface area contributed by atoms with Gasteiger partial charge in [-0.05, 0) is 47.4 Å². The number of rotatable bonds is 4. The summed E-state index contributed by atoms with van der Waals surface area (Å²) in [5.74, 6) is 0.0822. The third kappa shape index (κ3) is 3.11. The van der Waals surface area contributed by atoms with Gasteiger partial charge >= 0.3 is 0 Å². The molecule has 0 radical (unpaired) electrons. The summed E-state index contributed by atoms with van der Waals surface area (Å²) in [5.41, 5.74) is 4.51. The zero-order chi connectivity index (χ0) is 14.7. The fourth-order valence-corrected chi connectivity index (χ4v) is 2.60. The number of likely N-dealkylation sites (N-methyl/N-ethyl adjacent to an activating group) is 1. The van der Waals surface area contributed by atoms with Gasteiger partial charge in [-0.3, -0.25) is 9.78 Å². The number of hydrogen-bond donors (Lipinski definition) is 1. The molecule has 3 rings (SSSR count). The van der Waals surface area contributed by atoms with Crippen LogP contribution in [0.25, 0.3) is 0 Å². The second-order valence-corrected chi connectivity index (χ2v) is 5.42. The zero-order valence-electron chi connectivity index (χ0n) is 12.2. The molecule has 0 unspecified atom stereocenters. The minimum Gasteiger partial charge on any atom is -0.341 e. The molecule has 1 aliphatic rings. The molecular formula is C17H19N3O. The largest absolute Gasteiger partial charge is 0.341 e. The number of hydrogen-bond acceptors (Lipinski definition) is 3. The molecule has 21 heavy (non-hydrogen) atoms. The van der Waals surface area contributed by atoms with Crippen LogP contribution in [0.1, 0.15) is 27.0 Å². The van der Waals surface area contributed by atoms with E-state index in [1.165, 1.54) is 16.7 Å². The molecule has 4 nitrogen and oxygen atoms in total. The van der Waals surface area contributed by atoms with E-state index in [-0.39, 0.29) is 5.91 Å². The smallest absolute Gasteiger partial charge is 0.253 e. The first-order chi connectivity index (χ1) is 10.2. The van der Waals surface area contributed by atoms with Gasteiger partial charge in [0.1, 0.15) is 0 Å². The predicted molar refractivity (Wildman–Crippen MR) is 81.9 cm³/mol. The highest BCUT2D eigenvalue weighted by Gasteiger charge is 2.16. The van der Waals surface area contributed by atoms with Gasteiger partial charge in [0.15, 0.2) is 0 Å². The van der Waals surface area contributed by atoms with Gasteiger partial charge < -0.3 is 10.2 Å². The van der Waals surface area contributed by atoms with Crippen LogP contribution in [0.4, 0.5) is 0 Å². The topological polar surface area (TPSA) is 45.2 Å². The van der Waals surface area contributed by atoms with Crippen molar-refractivity contribution in [1.29, 1.82) is 0 Å². The predicted octanol–water partition coefficient (Wildman–Crippen LogP) is 2.00. The Hall–Kier alpha value is -2.20. The van der Waals surface area contributed by atoms with Crippen molar-refractivity contribution in [3.8, 4) is 0 Å². The van der Waals surface area contributed by atoms with Crippen LogP contribution in [0.3, 0.4) is 0 Å². The normalized spacial score (nSPS) is 13.0. The van der Waals surface area contributed by atoms with E-state index in [1.807, 2.05) is 31.3 Å². The van der Waals surface area contributed by atoms with Gasteiger partial charge in [0.2, 0.25) is 0 Å². The summed E-state index contributed by atoms with van der Waals surface area (Å²) in [5, 5.41) is 3.30. The molecule has 0 saturated heterocycles. The number of aromatic nitrogens is 1. The molecule has 1 amide bonds. The Labute approximate surface area is 124 Å². The lowest BCUT2D eigenvalue weighted by atomic mass is 10.1. The van der Waals surface area contributed by atoms with Crippen LogP contribution >= 0.6 is 0 Å². The minimum atomic E-state index is 0.0822. The van der Waals surface area contributed by atoms with E-state index in [4.69, 9.17) is 0 Å². The minimum absolute atomic E-state index is 0.0822. The molecular weight excluding hydrogens is 262 g/mol. The first kappa shape index (κ1) is 13.8. The van der Waals surface area contributed by atoms with Crippen molar-refractivity contribution in [3.05, 3.63) is 65.0 Å². The summed E-state index contributed by atoms with van der Waals surface area (Å²) in [7, 11) is 1.86. The van der Waals surface area contributed by atoms with Crippen molar-refractivity contribution >= 4 is 5.91 Å². The summed E-state index contributed by atoms with van der Waals surface area (Å²) in [6, 6.07) is 9.97. The van der Waals surface area contributed by atoms with Crippen LogP contribution in [0.15, 0.2) is 42.7 Å². The Kier molecular flexibility index (Phi) is 3.97. The van der Waals surface area contributed by atoms with Crippen LogP contribution in [0, 0.1) is 0 Å². The van der Waals surface area contributed by atoms with E-state index in [0.717, 1.165) is 25.1 Å². The highest BCUT2D eigenvalue weighted by Crippen LogP contribution is 2.18. The van der Waals surface area contributed by atoms with Crippen LogP contribution < -0.4 is 5.32 Å². The van der Waals surface area contributed by atoms with Crippen molar-refractivity contribution in [2.24, 2.45) is 0 Å². The first-order valence-corrected chi connectivity index (χ1v) is 7.21. The molecule has 0 atom stereocenters. The van der Waals surface area contributed by atoms with E-state index in [1.54, 1.807) is 17.3 Å². The monoisotopic (exact) mass is 281 g/mol. The molecule has 1 aromatic heterocycles. The van der Waals surface area contributed by atoms with Gasteiger partial charge in [0, 0.05) is 44.6 Å². The van der Waals surface area contributed by atoms with Crippen LogP contribution in [0.5, 0.6) is 0 Å². The third-order valence-corrected chi connectivity index (χ3v) is 3.92. The molecule has 1 aliphatic heterocycles. The van der Waals surface area contributed by atoms with Gasteiger partial charge in [-0.2, -0.15) is 0 Å². The summed E-state index contributed by atoms with van der Waals surface area (Å²) in [6.07, 6.45) is 4.41. The Bertz CT molecular complexity index is 640. The molecule has 1 N–H and O–H groups in total. The second-order valence-electron chi connectivity index (χ2n) is 5.42. The summed E-state index contributed by atoms with van der Waals surface area (Å²) in [6.45, 7) is 2.47. The molecule has 0 spiro atoms. The molecule has 0 aliphatic carbocycles. The number of benzene rings is 1. The van der Waals surface area contributed by atoms with Gasteiger partial charge in [-0.1, -0.05) is 6.07 Å². The van der Waals surface area contributed by atoms with E-state index in [2.05, 4.69) is 16.4 Å². The molecule has 108 valence electrons. The van der Waals surface area contributed by atoms with Crippen LogP contribution in [-0.4, -0.2) is 29.4 Å². The SMILES string of the molecule is CN(CCc1ccncc1)C(=O)c1ccc2c(c1)CNC2. The maximum Gasteiger partial charge on any atom is 0.253 e. The quantitative estimate of drug-likeness (QED) is 0.932. The molecule has 2 heterocycles. The van der Waals surface area contributed by atoms with Crippen molar-refractivity contribution in [3.63, 3.8) is 0 Å². The van der Waals surface area contributed by atoms with E-state index < -0.39 is 0 Å². The second kappa shape index (κ2) is 6.06. The fraction of sp³-hybridized carbons (Fsp3) is 0.294. The van der Waals surface area contributed by atoms with E-state index in [0.29, 0.717) is 6.54 Å². The zero-order valence-corrected chi connectivity index (χ0v) is 12.2. The highest BCUT2D eigenvalue weighted by molar-refractivity contribution is 5.94. The lowest BCUT2D eigenvalue weighted by molar-refractivity contribution is 0.0796.